The fourth-order valence-corrected chi connectivity index (χ4v) is 7.12. The minimum atomic E-state index is -1.16. The first-order valence-electron chi connectivity index (χ1n) is 14.6. The molecule has 1 aromatic heterocycles. The summed E-state index contributed by atoms with van der Waals surface area (Å²) in [5.41, 5.74) is 5.98. The van der Waals surface area contributed by atoms with E-state index in [4.69, 9.17) is 43.6 Å². The molecule has 13 heteroatoms. The number of anilines is 2. The number of primary amides is 1. The largest absolute Gasteiger partial charge is 0.444 e. The summed E-state index contributed by atoms with van der Waals surface area (Å²) in [4.78, 5) is 36.8. The Morgan fingerprint density at radius 2 is 1.79 bits per heavy atom. The first-order chi connectivity index (χ1) is 20.0. The molecule has 1 aliphatic heterocycles. The van der Waals surface area contributed by atoms with Gasteiger partial charge in [0.15, 0.2) is 11.6 Å². The molecule has 1 aromatic carbocycles. The van der Waals surface area contributed by atoms with Gasteiger partial charge in [-0.3, -0.25) is 10.1 Å². The predicted octanol–water partition coefficient (Wildman–Crippen LogP) is 6.02. The molecule has 0 bridgehead atoms. The number of hydrogen-bond donors (Lipinski definition) is 3. The summed E-state index contributed by atoms with van der Waals surface area (Å²) in [6.07, 6.45) is 3.94. The number of benzene rings is 1. The first kappa shape index (κ1) is 33.4. The zero-order chi connectivity index (χ0) is 31.7. The molecule has 4 rings (SSSR count). The Hall–Kier alpha value is -2.47. The van der Waals surface area contributed by atoms with Crippen molar-refractivity contribution < 1.29 is 18.5 Å². The van der Waals surface area contributed by atoms with Gasteiger partial charge in [0.05, 0.1) is 37.9 Å². The summed E-state index contributed by atoms with van der Waals surface area (Å²) in [5, 5.41) is 3.28. The van der Waals surface area contributed by atoms with Crippen molar-refractivity contribution >= 4 is 57.8 Å². The smallest absolute Gasteiger partial charge is 0.413 e. The highest BCUT2D eigenvalue weighted by atomic mass is 35.5. The number of nitrogens with one attached hydrogen (secondary N) is 2. The number of nitrogens with zero attached hydrogens (tertiary/aromatic N) is 3. The minimum Gasteiger partial charge on any atom is -0.444 e. The topological polar surface area (TPSA) is 140 Å². The Morgan fingerprint density at radius 3 is 2.40 bits per heavy atom. The lowest BCUT2D eigenvalue weighted by atomic mass is 9.74. The van der Waals surface area contributed by atoms with Crippen molar-refractivity contribution in [1.82, 2.24) is 14.7 Å². The van der Waals surface area contributed by atoms with Gasteiger partial charge in [0.1, 0.15) is 11.3 Å². The van der Waals surface area contributed by atoms with E-state index in [0.29, 0.717) is 35.2 Å². The van der Waals surface area contributed by atoms with Crippen LogP contribution in [0.4, 0.5) is 16.4 Å². The molecular weight excluding hydrogens is 611 g/mol. The lowest BCUT2D eigenvalue weighted by Gasteiger charge is -2.44. The quantitative estimate of drug-likeness (QED) is 0.332. The zero-order valence-corrected chi connectivity index (χ0v) is 28.0. The van der Waals surface area contributed by atoms with Crippen molar-refractivity contribution in [3.8, 4) is 11.3 Å². The van der Waals surface area contributed by atoms with Crippen molar-refractivity contribution in [2.75, 3.05) is 23.3 Å². The van der Waals surface area contributed by atoms with Crippen LogP contribution in [0.25, 0.3) is 11.3 Å². The van der Waals surface area contributed by atoms with Gasteiger partial charge >= 0.3 is 6.09 Å². The van der Waals surface area contributed by atoms with E-state index in [1.54, 1.807) is 39.0 Å². The van der Waals surface area contributed by atoms with Gasteiger partial charge in [0.25, 0.3) is 0 Å². The fraction of sp³-hybridized carbons (Fsp3) is 0.600. The van der Waals surface area contributed by atoms with Gasteiger partial charge in [-0.25, -0.2) is 23.7 Å². The highest BCUT2D eigenvalue weighted by molar-refractivity contribution is 7.84. The summed E-state index contributed by atoms with van der Waals surface area (Å²) >= 11 is 12.9. The highest BCUT2D eigenvalue weighted by Gasteiger charge is 2.46. The maximum atomic E-state index is 13.0. The van der Waals surface area contributed by atoms with Crippen LogP contribution < -0.4 is 20.7 Å². The maximum absolute atomic E-state index is 13.0. The van der Waals surface area contributed by atoms with Gasteiger partial charge in [0, 0.05) is 24.7 Å². The second kappa shape index (κ2) is 12.9. The van der Waals surface area contributed by atoms with Crippen LogP contribution in [0.1, 0.15) is 79.3 Å². The van der Waals surface area contributed by atoms with Gasteiger partial charge in [-0.2, -0.15) is 0 Å². The Bertz CT molecular complexity index is 1400. The molecule has 2 aromatic rings. The molecule has 1 unspecified atom stereocenters. The molecule has 4 N–H and O–H groups in total. The van der Waals surface area contributed by atoms with Crippen molar-refractivity contribution in [2.24, 2.45) is 11.1 Å². The number of aromatic nitrogens is 2. The van der Waals surface area contributed by atoms with Crippen LogP contribution in [0.2, 0.25) is 10.0 Å². The number of piperidine rings is 1. The Labute approximate surface area is 266 Å². The molecule has 2 amide bonds. The monoisotopic (exact) mass is 652 g/mol. The van der Waals surface area contributed by atoms with Crippen LogP contribution in [0, 0.1) is 5.41 Å². The number of amides is 2. The molecule has 2 atom stereocenters. The molecular formula is C30H42Cl2N6O4S. The van der Waals surface area contributed by atoms with Gasteiger partial charge in [0.2, 0.25) is 5.91 Å². The lowest BCUT2D eigenvalue weighted by Crippen LogP contribution is -2.51. The summed E-state index contributed by atoms with van der Waals surface area (Å²) in [6, 6.07) is 5.23. The first-order valence-corrected chi connectivity index (χ1v) is 16.5. The predicted molar refractivity (Wildman–Crippen MR) is 173 cm³/mol. The van der Waals surface area contributed by atoms with Crippen LogP contribution in [0.5, 0.6) is 0 Å². The molecule has 43 heavy (non-hydrogen) atoms. The third-order valence-corrected chi connectivity index (χ3v) is 10.3. The van der Waals surface area contributed by atoms with E-state index < -0.39 is 28.6 Å². The number of nitrogens with two attached hydrogens (primary N) is 1. The SMILES string of the molecule is CC(C)(C)OC(=O)Nc1nc(N2CCC3(CCC[C@H]3NS(=O)C(C)(C)C)CC2)c(CC(N)=O)nc1-c1cccc(Cl)c1Cl. The van der Waals surface area contributed by atoms with E-state index in [0.717, 1.165) is 32.1 Å². The van der Waals surface area contributed by atoms with Crippen LogP contribution in [0.3, 0.4) is 0 Å². The zero-order valence-electron chi connectivity index (χ0n) is 25.7. The van der Waals surface area contributed by atoms with E-state index in [1.807, 2.05) is 20.8 Å². The fourth-order valence-electron chi connectivity index (χ4n) is 5.75. The van der Waals surface area contributed by atoms with Crippen LogP contribution in [-0.2, 0) is 26.9 Å². The molecule has 0 radical (unpaired) electrons. The summed E-state index contributed by atoms with van der Waals surface area (Å²) in [7, 11) is -1.16. The Morgan fingerprint density at radius 1 is 1.12 bits per heavy atom. The second-order valence-corrected chi connectivity index (χ2v) is 16.1. The van der Waals surface area contributed by atoms with Crippen molar-refractivity contribution in [1.29, 1.82) is 0 Å². The van der Waals surface area contributed by atoms with Crippen LogP contribution >= 0.6 is 23.2 Å². The van der Waals surface area contributed by atoms with E-state index >= 15 is 0 Å². The van der Waals surface area contributed by atoms with Gasteiger partial charge in [-0.1, -0.05) is 41.8 Å². The van der Waals surface area contributed by atoms with Gasteiger partial charge in [-0.05, 0) is 78.7 Å². The number of halogens is 2. The van der Waals surface area contributed by atoms with E-state index in [-0.39, 0.29) is 39.2 Å². The number of hydrogen-bond acceptors (Lipinski definition) is 7. The summed E-state index contributed by atoms with van der Waals surface area (Å²) < 4.78 is 21.5. The van der Waals surface area contributed by atoms with Crippen molar-refractivity contribution in [3.05, 3.63) is 33.9 Å². The Balaban J connectivity index is 1.71. The third-order valence-electron chi connectivity index (χ3n) is 7.89. The number of rotatable bonds is 7. The molecule has 1 spiro atoms. The molecule has 10 nitrogen and oxygen atoms in total. The molecule has 2 aliphatic rings. The summed E-state index contributed by atoms with van der Waals surface area (Å²) in [5.74, 6) is 0.0232. The molecule has 1 saturated carbocycles. The minimum absolute atomic E-state index is 0.0144. The van der Waals surface area contributed by atoms with Gasteiger partial charge in [-0.15, -0.1) is 0 Å². The summed E-state index contributed by atoms with van der Waals surface area (Å²) in [6.45, 7) is 12.5. The lowest BCUT2D eigenvalue weighted by molar-refractivity contribution is -0.117. The number of carbonyl (C=O) groups is 2. The normalized spacial score (nSPS) is 19.3. The van der Waals surface area contributed by atoms with Crippen molar-refractivity contribution in [3.63, 3.8) is 0 Å². The second-order valence-electron chi connectivity index (χ2n) is 13.4. The van der Waals surface area contributed by atoms with Gasteiger partial charge < -0.3 is 15.4 Å². The standard InChI is InChI=1S/C30H42Cl2N6O4S/c1-28(2,3)42-27(40)36-25-24(18-9-7-10-19(31)23(18)32)34-20(17-22(33)39)26(35-25)38-15-13-30(14-16-38)12-8-11-21(30)37-43(41)29(4,5)6/h7,9-10,21,37H,8,11-17H2,1-6H3,(H2,33,39)(H,35,36,40)/t21-,43?/m1/s1. The molecule has 2 fully saturated rings. The number of ether oxygens (including phenoxy) is 1. The van der Waals surface area contributed by atoms with Crippen LogP contribution in [0.15, 0.2) is 18.2 Å². The van der Waals surface area contributed by atoms with E-state index in [2.05, 4.69) is 14.9 Å². The highest BCUT2D eigenvalue weighted by Crippen LogP contribution is 2.48. The van der Waals surface area contributed by atoms with E-state index in [1.165, 1.54) is 0 Å². The average Bonchev–Trinajstić information content (AvgIpc) is 3.26. The molecule has 1 aliphatic carbocycles. The molecule has 236 valence electrons. The molecule has 1 saturated heterocycles. The Kier molecular flexibility index (Phi) is 10.0. The van der Waals surface area contributed by atoms with E-state index in [9.17, 15) is 13.8 Å². The molecule has 2 heterocycles. The third kappa shape index (κ3) is 7.98. The maximum Gasteiger partial charge on any atom is 0.413 e. The number of carbonyl (C=O) groups excluding carboxylic acids is 2. The van der Waals surface area contributed by atoms with Crippen LogP contribution in [-0.4, -0.2) is 55.7 Å². The average molecular weight is 654 g/mol. The van der Waals surface area contributed by atoms with Crippen molar-refractivity contribution in [2.45, 2.75) is 96.5 Å².